The molecular formula is C12H11Cl2N3O2. The second-order valence-corrected chi connectivity index (χ2v) is 4.60. The van der Waals surface area contributed by atoms with Gasteiger partial charge in [-0.05, 0) is 18.2 Å². The van der Waals surface area contributed by atoms with Gasteiger partial charge in [-0.15, -0.1) is 0 Å². The highest BCUT2D eigenvalue weighted by Crippen LogP contribution is 2.24. The van der Waals surface area contributed by atoms with E-state index in [1.807, 2.05) is 0 Å². The van der Waals surface area contributed by atoms with Gasteiger partial charge in [-0.25, -0.2) is 9.75 Å². The lowest BCUT2D eigenvalue weighted by molar-refractivity contribution is -0.0757. The lowest BCUT2D eigenvalue weighted by Gasteiger charge is -2.11. The first kappa shape index (κ1) is 13.9. The lowest BCUT2D eigenvalue weighted by Crippen LogP contribution is -2.24. The SMILES string of the molecule is CON(C)C(=O)c1cnn(-c2ccc(Cl)cc2Cl)c1. The zero-order chi connectivity index (χ0) is 14.0. The molecule has 2 aromatic rings. The van der Waals surface area contributed by atoms with Crippen molar-refractivity contribution in [2.75, 3.05) is 14.2 Å². The van der Waals surface area contributed by atoms with Gasteiger partial charge in [-0.1, -0.05) is 23.2 Å². The van der Waals surface area contributed by atoms with Crippen LogP contribution in [0.5, 0.6) is 0 Å². The van der Waals surface area contributed by atoms with Crippen molar-refractivity contribution in [2.24, 2.45) is 0 Å². The Labute approximate surface area is 120 Å². The minimum Gasteiger partial charge on any atom is -0.274 e. The molecule has 7 heteroatoms. The van der Waals surface area contributed by atoms with Crippen molar-refractivity contribution in [3.05, 3.63) is 46.2 Å². The topological polar surface area (TPSA) is 47.4 Å². The first-order valence-electron chi connectivity index (χ1n) is 5.35. The van der Waals surface area contributed by atoms with E-state index in [-0.39, 0.29) is 5.91 Å². The normalized spacial score (nSPS) is 10.5. The summed E-state index contributed by atoms with van der Waals surface area (Å²) in [6.45, 7) is 0. The van der Waals surface area contributed by atoms with Crippen LogP contribution in [0.15, 0.2) is 30.6 Å². The molecule has 0 aliphatic rings. The fraction of sp³-hybridized carbons (Fsp3) is 0.167. The molecule has 0 fully saturated rings. The predicted octanol–water partition coefficient (Wildman–Crippen LogP) is 2.81. The molecule has 0 bridgehead atoms. The van der Waals surface area contributed by atoms with Gasteiger partial charge in [0.05, 0.1) is 29.6 Å². The summed E-state index contributed by atoms with van der Waals surface area (Å²) in [7, 11) is 2.94. The predicted molar refractivity (Wildman–Crippen MR) is 72.7 cm³/mol. The Morgan fingerprint density at radius 1 is 1.42 bits per heavy atom. The number of carbonyl (C=O) groups excluding carboxylic acids is 1. The first-order chi connectivity index (χ1) is 9.02. The first-order valence-corrected chi connectivity index (χ1v) is 6.11. The van der Waals surface area contributed by atoms with Crippen LogP contribution >= 0.6 is 23.2 Å². The fourth-order valence-corrected chi connectivity index (χ4v) is 1.99. The number of halogens is 2. The lowest BCUT2D eigenvalue weighted by atomic mass is 10.3. The van der Waals surface area contributed by atoms with Crippen LogP contribution in [-0.2, 0) is 4.84 Å². The van der Waals surface area contributed by atoms with Gasteiger partial charge < -0.3 is 0 Å². The quantitative estimate of drug-likeness (QED) is 0.819. The maximum Gasteiger partial charge on any atom is 0.280 e. The Balaban J connectivity index is 2.33. The molecule has 0 aliphatic heterocycles. The van der Waals surface area contributed by atoms with E-state index in [0.717, 1.165) is 5.06 Å². The zero-order valence-electron chi connectivity index (χ0n) is 10.3. The van der Waals surface area contributed by atoms with Crippen LogP contribution in [0, 0.1) is 0 Å². The minimum absolute atomic E-state index is 0.293. The smallest absolute Gasteiger partial charge is 0.274 e. The number of hydrogen-bond donors (Lipinski definition) is 0. The molecule has 0 saturated carbocycles. The number of benzene rings is 1. The summed E-state index contributed by atoms with van der Waals surface area (Å²) in [6.07, 6.45) is 3.02. The van der Waals surface area contributed by atoms with Crippen LogP contribution < -0.4 is 0 Å². The maximum atomic E-state index is 11.9. The van der Waals surface area contributed by atoms with Crippen LogP contribution in [-0.4, -0.2) is 34.9 Å². The molecule has 0 aliphatic carbocycles. The van der Waals surface area contributed by atoms with Crippen LogP contribution in [0.25, 0.3) is 5.69 Å². The van der Waals surface area contributed by atoms with Crippen LogP contribution in [0.2, 0.25) is 10.0 Å². The molecule has 1 heterocycles. The van der Waals surface area contributed by atoms with Gasteiger partial charge in [-0.3, -0.25) is 9.63 Å². The van der Waals surface area contributed by atoms with Crippen molar-refractivity contribution in [2.45, 2.75) is 0 Å². The molecule has 0 atom stereocenters. The van der Waals surface area contributed by atoms with Crippen molar-refractivity contribution >= 4 is 29.1 Å². The van der Waals surface area contributed by atoms with E-state index in [4.69, 9.17) is 28.0 Å². The maximum absolute atomic E-state index is 11.9. The van der Waals surface area contributed by atoms with Gasteiger partial charge in [0.25, 0.3) is 5.91 Å². The molecular weight excluding hydrogens is 289 g/mol. The summed E-state index contributed by atoms with van der Waals surface area (Å²) in [4.78, 5) is 16.7. The monoisotopic (exact) mass is 299 g/mol. The minimum atomic E-state index is -0.293. The van der Waals surface area contributed by atoms with E-state index in [9.17, 15) is 4.79 Å². The molecule has 0 spiro atoms. The average molecular weight is 300 g/mol. The van der Waals surface area contributed by atoms with Gasteiger partial charge >= 0.3 is 0 Å². The van der Waals surface area contributed by atoms with E-state index in [0.29, 0.717) is 21.3 Å². The van der Waals surface area contributed by atoms with Crippen molar-refractivity contribution in [1.29, 1.82) is 0 Å². The van der Waals surface area contributed by atoms with Crippen molar-refractivity contribution < 1.29 is 9.63 Å². The van der Waals surface area contributed by atoms with Gasteiger partial charge in [0.2, 0.25) is 0 Å². The van der Waals surface area contributed by atoms with E-state index in [1.165, 1.54) is 25.0 Å². The zero-order valence-corrected chi connectivity index (χ0v) is 11.8. The van der Waals surface area contributed by atoms with Crippen LogP contribution in [0.4, 0.5) is 0 Å². The number of nitrogens with zero attached hydrogens (tertiary/aromatic N) is 3. The summed E-state index contributed by atoms with van der Waals surface area (Å²) in [5, 5.41) is 6.21. The third kappa shape index (κ3) is 2.89. The van der Waals surface area contributed by atoms with E-state index in [2.05, 4.69) is 5.10 Å². The Kier molecular flexibility index (Phi) is 4.09. The molecule has 0 N–H and O–H groups in total. The van der Waals surface area contributed by atoms with Crippen LogP contribution in [0.1, 0.15) is 10.4 Å². The van der Waals surface area contributed by atoms with E-state index < -0.39 is 0 Å². The highest BCUT2D eigenvalue weighted by atomic mass is 35.5. The third-order valence-electron chi connectivity index (χ3n) is 2.55. The molecule has 5 nitrogen and oxygen atoms in total. The molecule has 1 aromatic carbocycles. The summed E-state index contributed by atoms with van der Waals surface area (Å²) in [5.74, 6) is -0.293. The number of carbonyl (C=O) groups is 1. The van der Waals surface area contributed by atoms with Gasteiger partial charge in [0, 0.05) is 18.3 Å². The summed E-state index contributed by atoms with van der Waals surface area (Å²) in [5.41, 5.74) is 1.04. The molecule has 0 saturated heterocycles. The van der Waals surface area contributed by atoms with Crippen LogP contribution in [0.3, 0.4) is 0 Å². The van der Waals surface area contributed by atoms with Gasteiger partial charge in [-0.2, -0.15) is 5.10 Å². The van der Waals surface area contributed by atoms with Crippen molar-refractivity contribution in [1.82, 2.24) is 14.8 Å². The Morgan fingerprint density at radius 3 is 2.79 bits per heavy atom. The molecule has 0 unspecified atom stereocenters. The highest BCUT2D eigenvalue weighted by molar-refractivity contribution is 6.35. The fourth-order valence-electron chi connectivity index (χ4n) is 1.50. The number of hydrogen-bond acceptors (Lipinski definition) is 3. The largest absolute Gasteiger partial charge is 0.280 e. The number of amides is 1. The highest BCUT2D eigenvalue weighted by Gasteiger charge is 2.14. The summed E-state index contributed by atoms with van der Waals surface area (Å²) >= 11 is 11.9. The summed E-state index contributed by atoms with van der Waals surface area (Å²) < 4.78 is 1.51. The molecule has 0 radical (unpaired) electrons. The second kappa shape index (κ2) is 5.61. The number of rotatable bonds is 3. The molecule has 100 valence electrons. The van der Waals surface area contributed by atoms with E-state index >= 15 is 0 Å². The van der Waals surface area contributed by atoms with Gasteiger partial charge in [0.1, 0.15) is 0 Å². The average Bonchev–Trinajstić information content (AvgIpc) is 2.86. The molecule has 1 amide bonds. The van der Waals surface area contributed by atoms with Gasteiger partial charge in [0.15, 0.2) is 0 Å². The Bertz CT molecular complexity index is 613. The Morgan fingerprint density at radius 2 is 2.16 bits per heavy atom. The standard InChI is InChI=1S/C12H11Cl2N3O2/c1-16(19-2)12(18)8-6-15-17(7-8)11-4-3-9(13)5-10(11)14/h3-7H,1-2H3. The number of hydroxylamine groups is 2. The van der Waals surface area contributed by atoms with Crippen molar-refractivity contribution in [3.63, 3.8) is 0 Å². The molecule has 1 aromatic heterocycles. The second-order valence-electron chi connectivity index (χ2n) is 3.75. The molecule has 2 rings (SSSR count). The third-order valence-corrected chi connectivity index (χ3v) is 3.08. The van der Waals surface area contributed by atoms with Crippen molar-refractivity contribution in [3.8, 4) is 5.69 Å². The summed E-state index contributed by atoms with van der Waals surface area (Å²) in [6, 6.07) is 5.04. The Hall–Kier alpha value is -1.56. The number of aromatic nitrogens is 2. The molecule has 19 heavy (non-hydrogen) atoms. The van der Waals surface area contributed by atoms with E-state index in [1.54, 1.807) is 24.4 Å².